The van der Waals surface area contributed by atoms with E-state index in [0.29, 0.717) is 18.0 Å². The molecule has 1 atom stereocenters. The van der Waals surface area contributed by atoms with E-state index in [2.05, 4.69) is 4.90 Å². The topological polar surface area (TPSA) is 54.3 Å². The fourth-order valence-electron chi connectivity index (χ4n) is 4.15. The number of carbonyl (C=O) groups excluding carboxylic acids is 2. The lowest BCUT2D eigenvalue weighted by Crippen LogP contribution is -3.19. The van der Waals surface area contributed by atoms with Crippen molar-refractivity contribution in [2.24, 2.45) is 0 Å². The van der Waals surface area contributed by atoms with Crippen LogP contribution >= 0.6 is 11.6 Å². The highest BCUT2D eigenvalue weighted by Crippen LogP contribution is 2.26. The first-order chi connectivity index (χ1) is 14.1. The lowest BCUT2D eigenvalue weighted by Gasteiger charge is -2.35. The molecule has 6 nitrogen and oxygen atoms in total. The Balaban J connectivity index is 1.43. The van der Waals surface area contributed by atoms with E-state index in [1.54, 1.807) is 12.1 Å². The Kier molecular flexibility index (Phi) is 5.74. The van der Waals surface area contributed by atoms with Crippen molar-refractivity contribution in [3.8, 4) is 5.75 Å². The normalized spacial score (nSPS) is 20.4. The number of piperazine rings is 1. The van der Waals surface area contributed by atoms with Crippen LogP contribution in [-0.4, -0.2) is 50.6 Å². The molecule has 152 valence electrons. The molecule has 0 saturated carbocycles. The van der Waals surface area contributed by atoms with Gasteiger partial charge in [0.15, 0.2) is 6.04 Å². The van der Waals surface area contributed by atoms with Crippen LogP contribution < -0.4 is 19.4 Å². The zero-order valence-corrected chi connectivity index (χ0v) is 17.2. The number of carbonyl (C=O) groups is 2. The van der Waals surface area contributed by atoms with Crippen LogP contribution in [0.5, 0.6) is 5.75 Å². The van der Waals surface area contributed by atoms with Crippen LogP contribution in [0.4, 0.5) is 11.4 Å². The molecule has 0 aromatic heterocycles. The molecule has 4 rings (SSSR count). The highest BCUT2D eigenvalue weighted by molar-refractivity contribution is 6.30. The summed E-state index contributed by atoms with van der Waals surface area (Å²) in [7, 11) is 0. The van der Waals surface area contributed by atoms with Gasteiger partial charge in [-0.1, -0.05) is 17.7 Å². The number of hydrogen-bond donors (Lipinski definition) is 1. The van der Waals surface area contributed by atoms with Crippen molar-refractivity contribution in [1.82, 2.24) is 0 Å². The maximum absolute atomic E-state index is 13.1. The summed E-state index contributed by atoms with van der Waals surface area (Å²) in [5, 5.41) is 0.724. The lowest BCUT2D eigenvalue weighted by atomic mass is 10.1. The number of quaternary nitrogens is 1. The first-order valence-corrected chi connectivity index (χ1v) is 10.4. The van der Waals surface area contributed by atoms with Crippen molar-refractivity contribution in [3.05, 3.63) is 53.6 Å². The molecule has 1 N–H and O–H groups in total. The van der Waals surface area contributed by atoms with Crippen molar-refractivity contribution in [3.63, 3.8) is 0 Å². The van der Waals surface area contributed by atoms with E-state index < -0.39 is 0 Å². The van der Waals surface area contributed by atoms with Gasteiger partial charge in [0.25, 0.3) is 5.91 Å². The maximum atomic E-state index is 13.1. The largest absolute Gasteiger partial charge is 0.494 e. The van der Waals surface area contributed by atoms with Gasteiger partial charge in [-0.25, -0.2) is 4.90 Å². The summed E-state index contributed by atoms with van der Waals surface area (Å²) >= 11 is 5.98. The molecule has 0 radical (unpaired) electrons. The molecule has 2 fully saturated rings. The third-order valence-corrected chi connectivity index (χ3v) is 5.88. The summed E-state index contributed by atoms with van der Waals surface area (Å²) in [6.45, 7) is 5.76. The van der Waals surface area contributed by atoms with Gasteiger partial charge < -0.3 is 14.5 Å². The number of anilines is 2. The molecule has 0 unspecified atom stereocenters. The van der Waals surface area contributed by atoms with Gasteiger partial charge in [-0.05, 0) is 43.3 Å². The summed E-state index contributed by atoms with van der Waals surface area (Å²) in [6.07, 6.45) is 0.258. The van der Waals surface area contributed by atoms with Crippen LogP contribution in [0.15, 0.2) is 48.5 Å². The highest BCUT2D eigenvalue weighted by Gasteiger charge is 2.46. The van der Waals surface area contributed by atoms with Crippen LogP contribution in [-0.2, 0) is 9.59 Å². The number of nitrogens with zero attached hydrogens (tertiary/aromatic N) is 2. The standard InChI is InChI=1S/C22H24ClN3O3/c1-2-29-19-5-3-4-18(14-19)26-21(27)15-20(22(26)28)25-12-10-24(11-13-25)17-8-6-16(23)7-9-17/h3-9,14,20H,2,10-13,15H2,1H3/p+1/t20-/m0/s1. The minimum Gasteiger partial charge on any atom is -0.494 e. The minimum atomic E-state index is -0.314. The summed E-state index contributed by atoms with van der Waals surface area (Å²) in [4.78, 5) is 30.5. The maximum Gasteiger partial charge on any atom is 0.292 e. The summed E-state index contributed by atoms with van der Waals surface area (Å²) in [5.41, 5.74) is 1.73. The van der Waals surface area contributed by atoms with Crippen molar-refractivity contribution in [2.45, 2.75) is 19.4 Å². The average molecular weight is 415 g/mol. The first kappa shape index (κ1) is 19.7. The minimum absolute atomic E-state index is 0.112. The molecule has 29 heavy (non-hydrogen) atoms. The van der Waals surface area contributed by atoms with Gasteiger partial charge in [-0.15, -0.1) is 0 Å². The molecule has 2 aliphatic rings. The second-order valence-corrected chi connectivity index (χ2v) is 7.81. The number of imide groups is 1. The first-order valence-electron chi connectivity index (χ1n) is 10.0. The molecule has 0 aliphatic carbocycles. The summed E-state index contributed by atoms with van der Waals surface area (Å²) < 4.78 is 5.51. The lowest BCUT2D eigenvalue weighted by molar-refractivity contribution is -0.915. The van der Waals surface area contributed by atoms with Crippen LogP contribution in [0.2, 0.25) is 5.02 Å². The third kappa shape index (κ3) is 4.09. The van der Waals surface area contributed by atoms with Crippen molar-refractivity contribution < 1.29 is 19.2 Å². The van der Waals surface area contributed by atoms with E-state index in [1.807, 2.05) is 43.3 Å². The molecular formula is C22H25ClN3O3+. The molecule has 2 amide bonds. The predicted molar refractivity (Wildman–Crippen MR) is 113 cm³/mol. The van der Waals surface area contributed by atoms with E-state index in [1.165, 1.54) is 9.80 Å². The number of hydrogen-bond acceptors (Lipinski definition) is 4. The third-order valence-electron chi connectivity index (χ3n) is 5.62. The zero-order valence-electron chi connectivity index (χ0n) is 16.4. The van der Waals surface area contributed by atoms with Gasteiger partial charge in [0.1, 0.15) is 5.75 Å². The molecule has 2 aromatic carbocycles. The van der Waals surface area contributed by atoms with Crippen LogP contribution in [0, 0.1) is 0 Å². The second-order valence-electron chi connectivity index (χ2n) is 7.38. The number of benzene rings is 2. The van der Waals surface area contributed by atoms with Crippen molar-refractivity contribution >= 4 is 34.8 Å². The number of halogens is 1. The predicted octanol–water partition coefficient (Wildman–Crippen LogP) is 1.78. The molecule has 7 heteroatoms. The van der Waals surface area contributed by atoms with Crippen molar-refractivity contribution in [1.29, 1.82) is 0 Å². The van der Waals surface area contributed by atoms with E-state index in [-0.39, 0.29) is 24.3 Å². The average Bonchev–Trinajstić information content (AvgIpc) is 3.03. The van der Waals surface area contributed by atoms with Gasteiger partial charge in [-0.3, -0.25) is 9.59 Å². The zero-order chi connectivity index (χ0) is 20.4. The highest BCUT2D eigenvalue weighted by atomic mass is 35.5. The summed E-state index contributed by atoms with van der Waals surface area (Å²) in [5.74, 6) is 0.415. The van der Waals surface area contributed by atoms with Crippen molar-refractivity contribution in [2.75, 3.05) is 42.6 Å². The van der Waals surface area contributed by atoms with Gasteiger partial charge in [-0.2, -0.15) is 0 Å². The molecule has 2 aliphatic heterocycles. The summed E-state index contributed by atoms with van der Waals surface area (Å²) in [6, 6.07) is 14.7. The number of nitrogens with one attached hydrogen (secondary N) is 1. The smallest absolute Gasteiger partial charge is 0.292 e. The number of ether oxygens (including phenoxy) is 1. The molecular weight excluding hydrogens is 390 g/mol. The van der Waals surface area contributed by atoms with Gasteiger partial charge in [0.2, 0.25) is 5.91 Å². The molecule has 2 heterocycles. The van der Waals surface area contributed by atoms with Gasteiger partial charge in [0.05, 0.1) is 44.9 Å². The molecule has 0 spiro atoms. The Labute approximate surface area is 175 Å². The molecule has 2 saturated heterocycles. The Morgan fingerprint density at radius 3 is 2.48 bits per heavy atom. The monoisotopic (exact) mass is 414 g/mol. The molecule has 2 aromatic rings. The van der Waals surface area contributed by atoms with E-state index >= 15 is 0 Å². The Morgan fingerprint density at radius 2 is 1.79 bits per heavy atom. The van der Waals surface area contributed by atoms with E-state index in [9.17, 15) is 9.59 Å². The Hall–Kier alpha value is -2.57. The van der Waals surface area contributed by atoms with Gasteiger partial charge >= 0.3 is 0 Å². The van der Waals surface area contributed by atoms with E-state index in [0.717, 1.165) is 36.9 Å². The van der Waals surface area contributed by atoms with Crippen LogP contribution in [0.3, 0.4) is 0 Å². The fraction of sp³-hybridized carbons (Fsp3) is 0.364. The second kappa shape index (κ2) is 8.43. The Bertz CT molecular complexity index is 894. The Morgan fingerprint density at radius 1 is 1.07 bits per heavy atom. The quantitative estimate of drug-likeness (QED) is 0.758. The van der Waals surface area contributed by atoms with Gasteiger partial charge in [0, 0.05) is 16.8 Å². The number of rotatable bonds is 5. The van der Waals surface area contributed by atoms with Crippen LogP contribution in [0.25, 0.3) is 0 Å². The molecule has 0 bridgehead atoms. The van der Waals surface area contributed by atoms with Crippen LogP contribution in [0.1, 0.15) is 13.3 Å². The van der Waals surface area contributed by atoms with E-state index in [4.69, 9.17) is 16.3 Å². The fourth-order valence-corrected chi connectivity index (χ4v) is 4.28. The number of amides is 2. The SMILES string of the molecule is CCOc1cccc(N2C(=O)C[C@H]([NH+]3CCN(c4ccc(Cl)cc4)CC3)C2=O)c1.